The molecule has 19 heavy (non-hydrogen) atoms. The fourth-order valence-electron chi connectivity index (χ4n) is 2.59. The summed E-state index contributed by atoms with van der Waals surface area (Å²) in [4.78, 5) is 13.9. The molecule has 2 N–H and O–H groups in total. The van der Waals surface area contributed by atoms with Gasteiger partial charge >= 0.3 is 0 Å². The smallest absolute Gasteiger partial charge is 0.227 e. The van der Waals surface area contributed by atoms with E-state index < -0.39 is 5.54 Å². The minimum Gasteiger partial charge on any atom is -0.394 e. The van der Waals surface area contributed by atoms with E-state index in [2.05, 4.69) is 11.4 Å². The van der Waals surface area contributed by atoms with Gasteiger partial charge in [-0.3, -0.25) is 4.79 Å². The second kappa shape index (κ2) is 5.31. The second-order valence-electron chi connectivity index (χ2n) is 5.69. The molecule has 0 aliphatic carbocycles. The average molecular weight is 262 g/mol. The van der Waals surface area contributed by atoms with Gasteiger partial charge in [-0.15, -0.1) is 0 Å². The highest BCUT2D eigenvalue weighted by Crippen LogP contribution is 2.33. The molecule has 2 rings (SSSR count). The number of fused-ring (bicyclic) bond motifs is 1. The molecular formula is C15H22N2O2. The van der Waals surface area contributed by atoms with Gasteiger partial charge in [-0.05, 0) is 44.5 Å². The molecule has 1 aromatic rings. The van der Waals surface area contributed by atoms with Crippen LogP contribution in [-0.2, 0) is 17.8 Å². The van der Waals surface area contributed by atoms with E-state index in [4.69, 9.17) is 0 Å². The van der Waals surface area contributed by atoms with Crippen LogP contribution in [0.1, 0.15) is 31.4 Å². The number of carbonyl (C=O) groups is 1. The Morgan fingerprint density at radius 3 is 2.74 bits per heavy atom. The van der Waals surface area contributed by atoms with Gasteiger partial charge < -0.3 is 15.3 Å². The highest BCUT2D eigenvalue weighted by Gasteiger charge is 2.35. The Kier molecular flexibility index (Phi) is 3.92. The zero-order valence-corrected chi connectivity index (χ0v) is 11.9. The van der Waals surface area contributed by atoms with Gasteiger partial charge in [0.15, 0.2) is 0 Å². The van der Waals surface area contributed by atoms with E-state index in [1.807, 2.05) is 33.0 Å². The van der Waals surface area contributed by atoms with E-state index in [1.54, 1.807) is 4.90 Å². The lowest BCUT2D eigenvalue weighted by molar-refractivity contribution is -0.120. The van der Waals surface area contributed by atoms with Gasteiger partial charge in [0.05, 0.1) is 12.1 Å². The SMILES string of the molecule is CNCc1ccc2c(c1)CCC(=O)N2C(C)(C)CO. The molecule has 104 valence electrons. The molecule has 0 unspecified atom stereocenters. The van der Waals surface area contributed by atoms with Crippen LogP contribution in [0.2, 0.25) is 0 Å². The van der Waals surface area contributed by atoms with E-state index >= 15 is 0 Å². The summed E-state index contributed by atoms with van der Waals surface area (Å²) < 4.78 is 0. The van der Waals surface area contributed by atoms with Crippen molar-refractivity contribution in [3.63, 3.8) is 0 Å². The van der Waals surface area contributed by atoms with Crippen LogP contribution in [0.5, 0.6) is 0 Å². The van der Waals surface area contributed by atoms with Gasteiger partial charge in [0.25, 0.3) is 0 Å². The van der Waals surface area contributed by atoms with Gasteiger partial charge in [0.2, 0.25) is 5.91 Å². The molecule has 0 aromatic heterocycles. The summed E-state index contributed by atoms with van der Waals surface area (Å²) in [5, 5.41) is 12.7. The van der Waals surface area contributed by atoms with Gasteiger partial charge in [-0.2, -0.15) is 0 Å². The van der Waals surface area contributed by atoms with Crippen molar-refractivity contribution in [3.8, 4) is 0 Å². The molecule has 0 saturated heterocycles. The maximum absolute atomic E-state index is 12.2. The molecule has 0 spiro atoms. The van der Waals surface area contributed by atoms with Crippen LogP contribution in [0.15, 0.2) is 18.2 Å². The number of aliphatic hydroxyl groups excluding tert-OH is 1. The number of anilines is 1. The Labute approximate surface area is 114 Å². The van der Waals surface area contributed by atoms with Crippen LogP contribution < -0.4 is 10.2 Å². The van der Waals surface area contributed by atoms with E-state index in [-0.39, 0.29) is 12.5 Å². The third-order valence-electron chi connectivity index (χ3n) is 3.62. The molecule has 1 aromatic carbocycles. The number of rotatable bonds is 4. The fraction of sp³-hybridized carbons (Fsp3) is 0.533. The van der Waals surface area contributed by atoms with Crippen molar-refractivity contribution >= 4 is 11.6 Å². The first-order chi connectivity index (χ1) is 8.99. The molecule has 1 aliphatic heterocycles. The molecule has 0 radical (unpaired) electrons. The molecule has 0 bridgehead atoms. The van der Waals surface area contributed by atoms with Crippen molar-refractivity contribution < 1.29 is 9.90 Å². The largest absolute Gasteiger partial charge is 0.394 e. The molecule has 1 heterocycles. The van der Waals surface area contributed by atoms with Gasteiger partial charge in [-0.1, -0.05) is 12.1 Å². The van der Waals surface area contributed by atoms with Crippen LogP contribution in [0.3, 0.4) is 0 Å². The van der Waals surface area contributed by atoms with Crippen LogP contribution in [-0.4, -0.2) is 30.2 Å². The highest BCUT2D eigenvalue weighted by molar-refractivity contribution is 5.97. The summed E-state index contributed by atoms with van der Waals surface area (Å²) in [6.07, 6.45) is 1.29. The quantitative estimate of drug-likeness (QED) is 0.863. The number of carbonyl (C=O) groups excluding carboxylic acids is 1. The van der Waals surface area contributed by atoms with Gasteiger partial charge in [0, 0.05) is 18.7 Å². The Balaban J connectivity index is 2.42. The predicted octanol–water partition coefficient (Wildman–Crippen LogP) is 1.46. The predicted molar refractivity (Wildman–Crippen MR) is 76.2 cm³/mol. The first kappa shape index (κ1) is 14.0. The number of amides is 1. The first-order valence-corrected chi connectivity index (χ1v) is 6.70. The van der Waals surface area contributed by atoms with Gasteiger partial charge in [-0.25, -0.2) is 0 Å². The van der Waals surface area contributed by atoms with Crippen LogP contribution in [0.25, 0.3) is 0 Å². The zero-order chi connectivity index (χ0) is 14.0. The van der Waals surface area contributed by atoms with Crippen LogP contribution >= 0.6 is 0 Å². The molecule has 1 amide bonds. The van der Waals surface area contributed by atoms with Crippen molar-refractivity contribution in [2.45, 2.75) is 38.8 Å². The van der Waals surface area contributed by atoms with E-state index in [1.165, 1.54) is 11.1 Å². The molecule has 4 nitrogen and oxygen atoms in total. The summed E-state index contributed by atoms with van der Waals surface area (Å²) in [6, 6.07) is 6.18. The number of benzene rings is 1. The zero-order valence-electron chi connectivity index (χ0n) is 11.9. The molecule has 1 aliphatic rings. The monoisotopic (exact) mass is 262 g/mol. The fourth-order valence-corrected chi connectivity index (χ4v) is 2.59. The maximum atomic E-state index is 12.2. The maximum Gasteiger partial charge on any atom is 0.227 e. The third-order valence-corrected chi connectivity index (χ3v) is 3.62. The van der Waals surface area contributed by atoms with Crippen molar-refractivity contribution in [1.82, 2.24) is 5.32 Å². The molecule has 0 fully saturated rings. The summed E-state index contributed by atoms with van der Waals surface area (Å²) in [6.45, 7) is 4.56. The summed E-state index contributed by atoms with van der Waals surface area (Å²) in [7, 11) is 1.92. The molecular weight excluding hydrogens is 240 g/mol. The van der Waals surface area contributed by atoms with Crippen molar-refractivity contribution in [2.75, 3.05) is 18.6 Å². The Hall–Kier alpha value is -1.39. The number of nitrogens with zero attached hydrogens (tertiary/aromatic N) is 1. The van der Waals surface area contributed by atoms with E-state index in [9.17, 15) is 9.90 Å². The second-order valence-corrected chi connectivity index (χ2v) is 5.69. The molecule has 0 saturated carbocycles. The lowest BCUT2D eigenvalue weighted by Gasteiger charge is -2.41. The van der Waals surface area contributed by atoms with Crippen LogP contribution in [0, 0.1) is 0 Å². The lowest BCUT2D eigenvalue weighted by Crippen LogP contribution is -2.52. The van der Waals surface area contributed by atoms with Crippen molar-refractivity contribution in [2.24, 2.45) is 0 Å². The van der Waals surface area contributed by atoms with E-state index in [0.717, 1.165) is 18.7 Å². The standard InChI is InChI=1S/C15H22N2O2/c1-15(2,10-18)17-13-6-4-11(9-16-3)8-12(13)5-7-14(17)19/h4,6,8,16,18H,5,7,9-10H2,1-3H3. The Morgan fingerprint density at radius 2 is 2.11 bits per heavy atom. The topological polar surface area (TPSA) is 52.6 Å². The lowest BCUT2D eigenvalue weighted by atomic mass is 9.93. The molecule has 4 heteroatoms. The Bertz CT molecular complexity index is 483. The highest BCUT2D eigenvalue weighted by atomic mass is 16.3. The normalized spacial score (nSPS) is 15.6. The number of nitrogens with one attached hydrogen (secondary N) is 1. The first-order valence-electron chi connectivity index (χ1n) is 6.70. The summed E-state index contributed by atoms with van der Waals surface area (Å²) in [5.74, 6) is 0.0907. The summed E-state index contributed by atoms with van der Waals surface area (Å²) >= 11 is 0. The number of hydrogen-bond acceptors (Lipinski definition) is 3. The van der Waals surface area contributed by atoms with Crippen molar-refractivity contribution in [1.29, 1.82) is 0 Å². The molecule has 0 atom stereocenters. The minimum atomic E-state index is -0.559. The minimum absolute atomic E-state index is 0.0452. The Morgan fingerprint density at radius 1 is 1.37 bits per heavy atom. The van der Waals surface area contributed by atoms with Crippen molar-refractivity contribution in [3.05, 3.63) is 29.3 Å². The van der Waals surface area contributed by atoms with Gasteiger partial charge in [0.1, 0.15) is 0 Å². The third kappa shape index (κ3) is 2.65. The number of aryl methyl sites for hydroxylation is 1. The van der Waals surface area contributed by atoms with Crippen LogP contribution in [0.4, 0.5) is 5.69 Å². The average Bonchev–Trinajstić information content (AvgIpc) is 2.39. The number of aliphatic hydroxyl groups is 1. The number of hydrogen-bond donors (Lipinski definition) is 2. The summed E-state index contributed by atoms with van der Waals surface area (Å²) in [5.41, 5.74) is 2.79. The van der Waals surface area contributed by atoms with E-state index in [0.29, 0.717) is 6.42 Å².